The highest BCUT2D eigenvalue weighted by Crippen LogP contribution is 2.38. The summed E-state index contributed by atoms with van der Waals surface area (Å²) in [4.78, 5) is 18.0. The largest absolute Gasteiger partial charge is 0.493 e. The van der Waals surface area contributed by atoms with E-state index in [2.05, 4.69) is 63.0 Å². The summed E-state index contributed by atoms with van der Waals surface area (Å²) in [5.41, 5.74) is 3.58. The summed E-state index contributed by atoms with van der Waals surface area (Å²) in [6.07, 6.45) is 4.11. The van der Waals surface area contributed by atoms with Crippen molar-refractivity contribution in [2.45, 2.75) is 31.5 Å². The van der Waals surface area contributed by atoms with Crippen LogP contribution >= 0.6 is 0 Å². The van der Waals surface area contributed by atoms with E-state index in [-0.39, 0.29) is 18.0 Å². The third-order valence-corrected chi connectivity index (χ3v) is 6.96. The topological polar surface area (TPSA) is 46.9 Å². The molecule has 1 aromatic heterocycles. The first-order valence-corrected chi connectivity index (χ1v) is 11.6. The van der Waals surface area contributed by atoms with Crippen molar-refractivity contribution in [1.29, 1.82) is 0 Å². The van der Waals surface area contributed by atoms with Crippen molar-refractivity contribution >= 4 is 5.91 Å². The Kier molecular flexibility index (Phi) is 6.09. The normalized spacial score (nSPS) is 20.5. The van der Waals surface area contributed by atoms with Crippen LogP contribution in [0.4, 0.5) is 0 Å². The van der Waals surface area contributed by atoms with Crippen LogP contribution in [0.3, 0.4) is 0 Å². The number of likely N-dealkylation sites (tertiary alicyclic amines) is 1. The first-order valence-electron chi connectivity index (χ1n) is 11.6. The van der Waals surface area contributed by atoms with Crippen LogP contribution < -0.4 is 9.47 Å². The third-order valence-electron chi connectivity index (χ3n) is 6.96. The Labute approximate surface area is 195 Å². The minimum atomic E-state index is 0.0705. The zero-order chi connectivity index (χ0) is 22.8. The number of hydrogen-bond donors (Lipinski definition) is 0. The maximum Gasteiger partial charge on any atom is 0.237 e. The zero-order valence-corrected chi connectivity index (χ0v) is 19.3. The minimum Gasteiger partial charge on any atom is -0.493 e. The van der Waals surface area contributed by atoms with Gasteiger partial charge in [-0.3, -0.25) is 9.69 Å². The number of hydrogen-bond acceptors (Lipinski definition) is 4. The van der Waals surface area contributed by atoms with Gasteiger partial charge in [0.1, 0.15) is 0 Å². The number of ether oxygens (including phenoxy) is 2. The molecule has 0 N–H and O–H groups in total. The second-order valence-electron chi connectivity index (χ2n) is 8.77. The van der Waals surface area contributed by atoms with E-state index < -0.39 is 0 Å². The van der Waals surface area contributed by atoms with Crippen molar-refractivity contribution in [3.8, 4) is 11.5 Å². The molecule has 0 aliphatic carbocycles. The highest BCUT2D eigenvalue weighted by Gasteiger charge is 2.35. The molecule has 0 bridgehead atoms. The van der Waals surface area contributed by atoms with Crippen LogP contribution in [0.2, 0.25) is 0 Å². The lowest BCUT2D eigenvalue weighted by molar-refractivity contribution is -0.134. The van der Waals surface area contributed by atoms with Gasteiger partial charge in [-0.2, -0.15) is 0 Å². The Morgan fingerprint density at radius 2 is 1.73 bits per heavy atom. The Balaban J connectivity index is 1.38. The van der Waals surface area contributed by atoms with Gasteiger partial charge < -0.3 is 18.9 Å². The van der Waals surface area contributed by atoms with Gasteiger partial charge in [-0.05, 0) is 48.2 Å². The molecule has 3 heterocycles. The van der Waals surface area contributed by atoms with Crippen molar-refractivity contribution in [1.82, 2.24) is 14.4 Å². The van der Waals surface area contributed by atoms with Gasteiger partial charge in [-0.25, -0.2) is 0 Å². The van der Waals surface area contributed by atoms with E-state index in [1.165, 1.54) is 11.3 Å². The number of methoxy groups -OCH3 is 2. The highest BCUT2D eigenvalue weighted by molar-refractivity contribution is 5.79. The van der Waals surface area contributed by atoms with E-state index >= 15 is 0 Å². The summed E-state index contributed by atoms with van der Waals surface area (Å²) >= 11 is 0. The first kappa shape index (κ1) is 21.6. The van der Waals surface area contributed by atoms with E-state index in [0.717, 1.165) is 38.0 Å². The predicted octanol–water partition coefficient (Wildman–Crippen LogP) is 4.27. The summed E-state index contributed by atoms with van der Waals surface area (Å²) in [5, 5.41) is 0. The van der Waals surface area contributed by atoms with E-state index in [1.54, 1.807) is 14.2 Å². The third kappa shape index (κ3) is 4.11. The molecule has 2 atom stereocenters. The standard InChI is InChI=1S/C27H31N3O3/c1-32-24-13-12-21(18-25(24)33-2)22-10-7-15-30(22)26(31)19-29-17-16-28-14-6-11-23(28)27(29)20-8-4-3-5-9-20/h3-6,8-9,11-14,18,22,27H,7,10,15-17,19H2,1-2H3. The van der Waals surface area contributed by atoms with Crippen molar-refractivity contribution in [3.63, 3.8) is 0 Å². The first-order chi connectivity index (χ1) is 16.2. The average molecular weight is 446 g/mol. The Morgan fingerprint density at radius 3 is 2.52 bits per heavy atom. The smallest absolute Gasteiger partial charge is 0.237 e. The molecule has 6 heteroatoms. The number of carbonyl (C=O) groups is 1. The lowest BCUT2D eigenvalue weighted by Crippen LogP contribution is -2.45. The number of fused-ring (bicyclic) bond motifs is 1. The summed E-state index contributed by atoms with van der Waals surface area (Å²) in [6.45, 7) is 2.95. The number of aromatic nitrogens is 1. The molecule has 2 unspecified atom stereocenters. The zero-order valence-electron chi connectivity index (χ0n) is 19.3. The van der Waals surface area contributed by atoms with E-state index in [0.29, 0.717) is 18.0 Å². The van der Waals surface area contributed by atoms with Crippen LogP contribution in [0.25, 0.3) is 0 Å². The van der Waals surface area contributed by atoms with Gasteiger partial charge in [0, 0.05) is 31.5 Å². The molecule has 3 aromatic rings. The molecule has 0 saturated carbocycles. The van der Waals surface area contributed by atoms with Crippen LogP contribution in [0.1, 0.15) is 41.7 Å². The van der Waals surface area contributed by atoms with Crippen LogP contribution in [0.15, 0.2) is 66.9 Å². The maximum absolute atomic E-state index is 13.6. The molecular weight excluding hydrogens is 414 g/mol. The van der Waals surface area contributed by atoms with Gasteiger partial charge >= 0.3 is 0 Å². The molecule has 6 nitrogen and oxygen atoms in total. The summed E-state index contributed by atoms with van der Waals surface area (Å²) in [6, 6.07) is 20.9. The van der Waals surface area contributed by atoms with Crippen LogP contribution in [0.5, 0.6) is 11.5 Å². The van der Waals surface area contributed by atoms with E-state index in [4.69, 9.17) is 9.47 Å². The lowest BCUT2D eigenvalue weighted by atomic mass is 9.99. The van der Waals surface area contributed by atoms with E-state index in [9.17, 15) is 4.79 Å². The average Bonchev–Trinajstić information content (AvgIpc) is 3.54. The number of benzene rings is 2. The second-order valence-corrected chi connectivity index (χ2v) is 8.77. The van der Waals surface area contributed by atoms with Gasteiger partial charge in [0.15, 0.2) is 11.5 Å². The van der Waals surface area contributed by atoms with Crippen LogP contribution in [-0.2, 0) is 11.3 Å². The molecule has 2 aliphatic rings. The van der Waals surface area contributed by atoms with E-state index in [1.807, 2.05) is 18.2 Å². The number of amides is 1. The van der Waals surface area contributed by atoms with Crippen LogP contribution in [-0.4, -0.2) is 54.1 Å². The summed E-state index contributed by atoms with van der Waals surface area (Å²) < 4.78 is 13.2. The highest BCUT2D eigenvalue weighted by atomic mass is 16.5. The molecule has 2 aliphatic heterocycles. The fraction of sp³-hybridized carbons (Fsp3) is 0.370. The monoisotopic (exact) mass is 445 g/mol. The molecule has 172 valence electrons. The van der Waals surface area contributed by atoms with Gasteiger partial charge in [0.25, 0.3) is 0 Å². The SMILES string of the molecule is COc1ccc(C2CCCN2C(=O)CN2CCn3cccc3C2c2ccccc2)cc1OC. The number of rotatable bonds is 6. The summed E-state index contributed by atoms with van der Waals surface area (Å²) in [5.74, 6) is 1.60. The maximum atomic E-state index is 13.6. The lowest BCUT2D eigenvalue weighted by Gasteiger charge is -2.38. The molecule has 1 amide bonds. The fourth-order valence-corrected chi connectivity index (χ4v) is 5.36. The summed E-state index contributed by atoms with van der Waals surface area (Å²) in [7, 11) is 3.29. The Hall–Kier alpha value is -3.25. The molecule has 0 spiro atoms. The van der Waals surface area contributed by atoms with Crippen molar-refractivity contribution in [2.24, 2.45) is 0 Å². The molecule has 33 heavy (non-hydrogen) atoms. The second kappa shape index (κ2) is 9.32. The molecule has 2 aromatic carbocycles. The van der Waals surface area contributed by atoms with Gasteiger partial charge in [-0.15, -0.1) is 0 Å². The van der Waals surface area contributed by atoms with Crippen molar-refractivity contribution in [2.75, 3.05) is 33.9 Å². The Morgan fingerprint density at radius 1 is 0.909 bits per heavy atom. The fourth-order valence-electron chi connectivity index (χ4n) is 5.36. The minimum absolute atomic E-state index is 0.0705. The van der Waals surface area contributed by atoms with Crippen molar-refractivity contribution in [3.05, 3.63) is 83.7 Å². The van der Waals surface area contributed by atoms with Gasteiger partial charge in [0.2, 0.25) is 5.91 Å². The Bertz CT molecular complexity index is 1110. The quantitative estimate of drug-likeness (QED) is 0.568. The molecule has 1 fully saturated rings. The number of carbonyl (C=O) groups excluding carboxylic acids is 1. The molecule has 1 saturated heterocycles. The van der Waals surface area contributed by atoms with Gasteiger partial charge in [0.05, 0.1) is 32.8 Å². The predicted molar refractivity (Wildman–Crippen MR) is 128 cm³/mol. The molecular formula is C27H31N3O3. The van der Waals surface area contributed by atoms with Crippen LogP contribution in [0, 0.1) is 0 Å². The van der Waals surface area contributed by atoms with Crippen molar-refractivity contribution < 1.29 is 14.3 Å². The number of nitrogens with zero attached hydrogens (tertiary/aromatic N) is 3. The van der Waals surface area contributed by atoms with Gasteiger partial charge in [-0.1, -0.05) is 36.4 Å². The molecule has 0 radical (unpaired) electrons. The molecule has 5 rings (SSSR count).